The Kier molecular flexibility index (Phi) is 2.90. The van der Waals surface area contributed by atoms with E-state index in [1.54, 1.807) is 6.92 Å². The molecule has 13 heavy (non-hydrogen) atoms. The van der Waals surface area contributed by atoms with E-state index in [2.05, 4.69) is 0 Å². The minimum absolute atomic E-state index is 0.594. The summed E-state index contributed by atoms with van der Waals surface area (Å²) in [5.41, 5.74) is 0. The van der Waals surface area contributed by atoms with E-state index in [1.165, 1.54) is 6.92 Å². The molecule has 1 aliphatic rings. The third kappa shape index (κ3) is 1.82. The van der Waals surface area contributed by atoms with E-state index >= 15 is 0 Å². The van der Waals surface area contributed by atoms with Gasteiger partial charge in [0.1, 0.15) is 6.10 Å². The van der Waals surface area contributed by atoms with Gasteiger partial charge in [-0.05, 0) is 6.92 Å². The molecule has 1 saturated heterocycles. The molecule has 5 nitrogen and oxygen atoms in total. The molecule has 1 fully saturated rings. The number of carboxylic acids is 1. The molecule has 1 heterocycles. The minimum Gasteiger partial charge on any atom is -0.479 e. The summed E-state index contributed by atoms with van der Waals surface area (Å²) in [7, 11) is 0. The Morgan fingerprint density at radius 3 is 2.23 bits per heavy atom. The number of carbonyl (C=O) groups is 1. The van der Waals surface area contributed by atoms with Crippen molar-refractivity contribution < 1.29 is 24.9 Å². The maximum absolute atomic E-state index is 10.6. The van der Waals surface area contributed by atoms with Crippen LogP contribution in [0.5, 0.6) is 0 Å². The highest BCUT2D eigenvalue weighted by molar-refractivity contribution is 5.73. The van der Waals surface area contributed by atoms with E-state index in [-0.39, 0.29) is 0 Å². The van der Waals surface area contributed by atoms with Crippen molar-refractivity contribution >= 4 is 5.97 Å². The second-order valence-electron chi connectivity index (χ2n) is 3.44. The summed E-state index contributed by atoms with van der Waals surface area (Å²) >= 11 is 0. The summed E-state index contributed by atoms with van der Waals surface area (Å²) in [6, 6.07) is 0. The van der Waals surface area contributed by atoms with Gasteiger partial charge >= 0.3 is 5.97 Å². The summed E-state index contributed by atoms with van der Waals surface area (Å²) in [6.45, 7) is 3.08. The largest absolute Gasteiger partial charge is 0.479 e. The summed E-state index contributed by atoms with van der Waals surface area (Å²) in [5, 5.41) is 27.5. The van der Waals surface area contributed by atoms with Crippen LogP contribution in [0.4, 0.5) is 0 Å². The highest BCUT2D eigenvalue weighted by Crippen LogP contribution is 2.25. The Morgan fingerprint density at radius 2 is 1.77 bits per heavy atom. The molecular formula is C8H14O5. The van der Waals surface area contributed by atoms with Crippen molar-refractivity contribution in [3.05, 3.63) is 0 Å². The first kappa shape index (κ1) is 10.4. The predicted octanol–water partition coefficient (Wildman–Crippen LogP) is -0.784. The maximum Gasteiger partial charge on any atom is 0.333 e. The summed E-state index contributed by atoms with van der Waals surface area (Å²) in [6.07, 6.45) is -3.73. The van der Waals surface area contributed by atoms with Gasteiger partial charge in [0.25, 0.3) is 0 Å². The normalized spacial score (nSPS) is 46.0. The van der Waals surface area contributed by atoms with Gasteiger partial charge in [0.05, 0.1) is 12.2 Å². The van der Waals surface area contributed by atoms with Crippen LogP contribution in [-0.4, -0.2) is 45.7 Å². The molecule has 0 aromatic heterocycles. The average molecular weight is 190 g/mol. The van der Waals surface area contributed by atoms with Gasteiger partial charge in [-0.15, -0.1) is 0 Å². The number of ether oxygens (including phenoxy) is 1. The predicted molar refractivity (Wildman–Crippen MR) is 43.1 cm³/mol. The van der Waals surface area contributed by atoms with Crippen LogP contribution in [0.15, 0.2) is 0 Å². The zero-order valence-corrected chi connectivity index (χ0v) is 7.54. The fourth-order valence-electron chi connectivity index (χ4n) is 1.49. The lowest BCUT2D eigenvalue weighted by Crippen LogP contribution is -2.54. The zero-order valence-electron chi connectivity index (χ0n) is 7.54. The maximum atomic E-state index is 10.6. The highest BCUT2D eigenvalue weighted by atomic mass is 16.5. The number of hydrogen-bond acceptors (Lipinski definition) is 4. The molecule has 0 saturated carbocycles. The standard InChI is InChI=1S/C8H14O5/c1-3-5(9)6(10)4(2)13-7(3)8(11)12/h3-7,9-10H,1-2H3,(H,11,12)/t3-,4?,5-,6-,7-/m0/s1. The molecule has 1 unspecified atom stereocenters. The average Bonchev–Trinajstić information content (AvgIpc) is 2.07. The van der Waals surface area contributed by atoms with Gasteiger partial charge in [-0.1, -0.05) is 6.92 Å². The van der Waals surface area contributed by atoms with Gasteiger partial charge in [-0.3, -0.25) is 0 Å². The van der Waals surface area contributed by atoms with Gasteiger partial charge in [0.15, 0.2) is 6.10 Å². The minimum atomic E-state index is -1.11. The Bertz CT molecular complexity index is 205. The molecule has 76 valence electrons. The number of hydrogen-bond donors (Lipinski definition) is 3. The first-order chi connectivity index (χ1) is 5.95. The van der Waals surface area contributed by atoms with Crippen LogP contribution >= 0.6 is 0 Å². The van der Waals surface area contributed by atoms with Crippen LogP contribution in [0.25, 0.3) is 0 Å². The van der Waals surface area contributed by atoms with E-state index in [9.17, 15) is 15.0 Å². The van der Waals surface area contributed by atoms with Crippen molar-refractivity contribution in [3.8, 4) is 0 Å². The van der Waals surface area contributed by atoms with Gasteiger partial charge < -0.3 is 20.1 Å². The number of aliphatic hydroxyl groups excluding tert-OH is 2. The molecule has 0 aromatic rings. The monoisotopic (exact) mass is 190 g/mol. The molecule has 0 radical (unpaired) electrons. The van der Waals surface area contributed by atoms with E-state index < -0.39 is 36.3 Å². The Balaban J connectivity index is 2.76. The first-order valence-corrected chi connectivity index (χ1v) is 4.19. The Labute approximate surface area is 75.9 Å². The summed E-state index contributed by atoms with van der Waals surface area (Å²) in [5.74, 6) is -1.70. The van der Waals surface area contributed by atoms with Crippen LogP contribution in [0.3, 0.4) is 0 Å². The van der Waals surface area contributed by atoms with Crippen LogP contribution < -0.4 is 0 Å². The fraction of sp³-hybridized carbons (Fsp3) is 0.875. The summed E-state index contributed by atoms with van der Waals surface area (Å²) < 4.78 is 5.03. The van der Waals surface area contributed by atoms with Gasteiger partial charge in [0.2, 0.25) is 0 Å². The Morgan fingerprint density at radius 1 is 1.23 bits per heavy atom. The van der Waals surface area contributed by atoms with Gasteiger partial charge in [-0.25, -0.2) is 4.79 Å². The van der Waals surface area contributed by atoms with Crippen molar-refractivity contribution in [1.29, 1.82) is 0 Å². The second kappa shape index (κ2) is 3.61. The summed E-state index contributed by atoms with van der Waals surface area (Å²) in [4.78, 5) is 10.6. The molecule has 1 aliphatic heterocycles. The number of aliphatic carboxylic acids is 1. The van der Waals surface area contributed by atoms with Crippen LogP contribution in [-0.2, 0) is 9.53 Å². The van der Waals surface area contributed by atoms with Gasteiger partial charge in [0, 0.05) is 5.92 Å². The lowest BCUT2D eigenvalue weighted by molar-refractivity contribution is -0.204. The lowest BCUT2D eigenvalue weighted by Gasteiger charge is -2.38. The SMILES string of the molecule is CC1O[C@H](C(=O)O)[C@@H](C)[C@H](O)[C@H]1O. The molecule has 0 aromatic carbocycles. The van der Waals surface area contributed by atoms with Crippen molar-refractivity contribution in [1.82, 2.24) is 0 Å². The van der Waals surface area contributed by atoms with Crippen molar-refractivity contribution in [2.75, 3.05) is 0 Å². The molecule has 0 amide bonds. The number of carboxylic acid groups (broad SMARTS) is 1. The fourth-order valence-corrected chi connectivity index (χ4v) is 1.49. The van der Waals surface area contributed by atoms with E-state index in [0.717, 1.165) is 0 Å². The third-order valence-electron chi connectivity index (χ3n) is 2.45. The smallest absolute Gasteiger partial charge is 0.333 e. The van der Waals surface area contributed by atoms with E-state index in [4.69, 9.17) is 9.84 Å². The molecule has 1 rings (SSSR count). The second-order valence-corrected chi connectivity index (χ2v) is 3.44. The molecule has 0 spiro atoms. The molecule has 5 heteroatoms. The quantitative estimate of drug-likeness (QED) is 0.504. The van der Waals surface area contributed by atoms with Crippen molar-refractivity contribution in [2.24, 2.45) is 5.92 Å². The number of rotatable bonds is 1. The zero-order chi connectivity index (χ0) is 10.2. The third-order valence-corrected chi connectivity index (χ3v) is 2.45. The molecule has 3 N–H and O–H groups in total. The van der Waals surface area contributed by atoms with Crippen LogP contribution in [0, 0.1) is 5.92 Å². The molecule has 0 bridgehead atoms. The number of aliphatic hydroxyl groups is 2. The topological polar surface area (TPSA) is 87.0 Å². The van der Waals surface area contributed by atoms with Crippen LogP contribution in [0.2, 0.25) is 0 Å². The van der Waals surface area contributed by atoms with E-state index in [1.807, 2.05) is 0 Å². The van der Waals surface area contributed by atoms with Gasteiger partial charge in [-0.2, -0.15) is 0 Å². The van der Waals surface area contributed by atoms with E-state index in [0.29, 0.717) is 0 Å². The molecule has 5 atom stereocenters. The molecule has 0 aliphatic carbocycles. The highest BCUT2D eigenvalue weighted by Gasteiger charge is 2.43. The van der Waals surface area contributed by atoms with Crippen molar-refractivity contribution in [2.45, 2.75) is 38.3 Å². The lowest BCUT2D eigenvalue weighted by atomic mass is 9.88. The van der Waals surface area contributed by atoms with Crippen molar-refractivity contribution in [3.63, 3.8) is 0 Å². The Hall–Kier alpha value is -0.650. The van der Waals surface area contributed by atoms with Crippen LogP contribution in [0.1, 0.15) is 13.8 Å². The first-order valence-electron chi connectivity index (χ1n) is 4.19. The molecular weight excluding hydrogens is 176 g/mol.